The summed E-state index contributed by atoms with van der Waals surface area (Å²) < 4.78 is 0. The Hall–Kier alpha value is -1.90. The van der Waals surface area contributed by atoms with E-state index in [0.717, 1.165) is 36.6 Å². The Labute approximate surface area is 114 Å². The quantitative estimate of drug-likeness (QED) is 0.840. The number of anilines is 1. The highest BCUT2D eigenvalue weighted by Gasteiger charge is 2.13. The molecule has 3 heteroatoms. The third-order valence-electron chi connectivity index (χ3n) is 3.71. The molecule has 1 fully saturated rings. The van der Waals surface area contributed by atoms with Crippen molar-refractivity contribution in [2.45, 2.75) is 26.2 Å². The Bertz CT molecular complexity index is 542. The van der Waals surface area contributed by atoms with Crippen molar-refractivity contribution in [2.24, 2.45) is 0 Å². The van der Waals surface area contributed by atoms with Crippen molar-refractivity contribution in [1.29, 1.82) is 0 Å². The predicted molar refractivity (Wildman–Crippen MR) is 78.3 cm³/mol. The van der Waals surface area contributed by atoms with E-state index in [1.165, 1.54) is 18.4 Å². The van der Waals surface area contributed by atoms with Gasteiger partial charge in [0.1, 0.15) is 5.82 Å². The summed E-state index contributed by atoms with van der Waals surface area (Å²) in [6, 6.07) is 8.41. The van der Waals surface area contributed by atoms with E-state index < -0.39 is 0 Å². The first-order chi connectivity index (χ1) is 9.38. The van der Waals surface area contributed by atoms with Gasteiger partial charge in [0.05, 0.1) is 0 Å². The minimum absolute atomic E-state index is 0.948. The van der Waals surface area contributed by atoms with Crippen LogP contribution in [0.15, 0.2) is 36.7 Å². The Morgan fingerprint density at radius 3 is 2.63 bits per heavy atom. The maximum Gasteiger partial charge on any atom is 0.128 e. The van der Waals surface area contributed by atoms with Crippen LogP contribution in [-0.2, 0) is 6.42 Å². The number of hydrogen-bond donors (Lipinski definition) is 0. The Balaban J connectivity index is 1.89. The molecule has 0 atom stereocenters. The molecule has 0 aromatic carbocycles. The minimum Gasteiger partial charge on any atom is -0.357 e. The molecule has 0 bridgehead atoms. The number of aromatic nitrogens is 2. The van der Waals surface area contributed by atoms with Gasteiger partial charge >= 0.3 is 0 Å². The molecule has 0 saturated carbocycles. The largest absolute Gasteiger partial charge is 0.357 e. The molecule has 2 aromatic heterocycles. The van der Waals surface area contributed by atoms with Crippen LogP contribution < -0.4 is 4.90 Å². The monoisotopic (exact) mass is 253 g/mol. The van der Waals surface area contributed by atoms with Crippen LogP contribution in [0.4, 0.5) is 5.82 Å². The second kappa shape index (κ2) is 5.39. The summed E-state index contributed by atoms with van der Waals surface area (Å²) in [5.74, 6) is 1.10. The van der Waals surface area contributed by atoms with E-state index in [-0.39, 0.29) is 0 Å². The molecule has 3 rings (SSSR count). The first-order valence-electron chi connectivity index (χ1n) is 7.04. The lowest BCUT2D eigenvalue weighted by Gasteiger charge is -2.16. The molecule has 3 nitrogen and oxygen atoms in total. The fraction of sp³-hybridized carbons (Fsp3) is 0.375. The third-order valence-corrected chi connectivity index (χ3v) is 3.71. The van der Waals surface area contributed by atoms with Gasteiger partial charge in [-0.05, 0) is 37.5 Å². The lowest BCUT2D eigenvalue weighted by atomic mass is 10.0. The summed E-state index contributed by atoms with van der Waals surface area (Å²) >= 11 is 0. The topological polar surface area (TPSA) is 29.0 Å². The molecule has 1 aliphatic rings. The van der Waals surface area contributed by atoms with Crippen LogP contribution in [0.5, 0.6) is 0 Å². The van der Waals surface area contributed by atoms with Crippen LogP contribution in [-0.4, -0.2) is 23.1 Å². The number of rotatable bonds is 3. The second-order valence-electron chi connectivity index (χ2n) is 4.95. The molecule has 98 valence electrons. The molecular weight excluding hydrogens is 234 g/mol. The molecule has 3 heterocycles. The maximum absolute atomic E-state index is 4.61. The van der Waals surface area contributed by atoms with Crippen molar-refractivity contribution >= 4 is 5.82 Å². The normalized spacial score (nSPS) is 14.9. The van der Waals surface area contributed by atoms with Crippen LogP contribution in [0.2, 0.25) is 0 Å². The first kappa shape index (κ1) is 12.2. The van der Waals surface area contributed by atoms with Gasteiger partial charge < -0.3 is 4.90 Å². The second-order valence-corrected chi connectivity index (χ2v) is 4.95. The van der Waals surface area contributed by atoms with Gasteiger partial charge in [-0.25, -0.2) is 4.98 Å². The molecule has 0 N–H and O–H groups in total. The van der Waals surface area contributed by atoms with Crippen LogP contribution in [0.3, 0.4) is 0 Å². The smallest absolute Gasteiger partial charge is 0.128 e. The lowest BCUT2D eigenvalue weighted by molar-refractivity contribution is 0.938. The summed E-state index contributed by atoms with van der Waals surface area (Å²) in [5, 5.41) is 0. The molecule has 0 unspecified atom stereocenters. The van der Waals surface area contributed by atoms with E-state index >= 15 is 0 Å². The molecule has 0 spiro atoms. The van der Waals surface area contributed by atoms with Crippen molar-refractivity contribution in [2.75, 3.05) is 18.0 Å². The zero-order valence-electron chi connectivity index (χ0n) is 11.3. The van der Waals surface area contributed by atoms with Gasteiger partial charge in [-0.3, -0.25) is 4.98 Å². The average molecular weight is 253 g/mol. The number of hydrogen-bond acceptors (Lipinski definition) is 3. The van der Waals surface area contributed by atoms with E-state index in [9.17, 15) is 0 Å². The fourth-order valence-electron chi connectivity index (χ4n) is 2.66. The molecule has 0 amide bonds. The first-order valence-corrected chi connectivity index (χ1v) is 7.04. The highest BCUT2D eigenvalue weighted by atomic mass is 15.2. The van der Waals surface area contributed by atoms with Gasteiger partial charge in [-0.1, -0.05) is 13.0 Å². The van der Waals surface area contributed by atoms with E-state index in [0.29, 0.717) is 0 Å². The summed E-state index contributed by atoms with van der Waals surface area (Å²) in [7, 11) is 0. The Kier molecular flexibility index (Phi) is 3.45. The van der Waals surface area contributed by atoms with Crippen molar-refractivity contribution < 1.29 is 0 Å². The summed E-state index contributed by atoms with van der Waals surface area (Å²) in [6.07, 6.45) is 7.35. The van der Waals surface area contributed by atoms with Crippen molar-refractivity contribution in [3.05, 3.63) is 42.4 Å². The lowest BCUT2D eigenvalue weighted by Crippen LogP contribution is -2.18. The van der Waals surface area contributed by atoms with Gasteiger partial charge in [-0.2, -0.15) is 0 Å². The van der Waals surface area contributed by atoms with E-state index in [4.69, 9.17) is 0 Å². The fourth-order valence-corrected chi connectivity index (χ4v) is 2.66. The Morgan fingerprint density at radius 1 is 1.11 bits per heavy atom. The summed E-state index contributed by atoms with van der Waals surface area (Å²) in [6.45, 7) is 4.41. The minimum atomic E-state index is 0.948. The van der Waals surface area contributed by atoms with E-state index in [1.807, 2.05) is 18.5 Å². The molecular formula is C16H19N3. The predicted octanol–water partition coefficient (Wildman–Crippen LogP) is 3.31. The number of aryl methyl sites for hydroxylation is 1. The van der Waals surface area contributed by atoms with Gasteiger partial charge in [0.25, 0.3) is 0 Å². The van der Waals surface area contributed by atoms with Crippen LogP contribution >= 0.6 is 0 Å². The molecule has 1 aliphatic heterocycles. The highest BCUT2D eigenvalue weighted by Crippen LogP contribution is 2.24. The zero-order valence-corrected chi connectivity index (χ0v) is 11.3. The van der Waals surface area contributed by atoms with Gasteiger partial charge in [-0.15, -0.1) is 0 Å². The molecule has 0 radical (unpaired) electrons. The molecule has 19 heavy (non-hydrogen) atoms. The summed E-state index contributed by atoms with van der Waals surface area (Å²) in [4.78, 5) is 11.4. The zero-order chi connectivity index (χ0) is 13.1. The molecule has 0 aliphatic carbocycles. The SMILES string of the molecule is CCc1ncccc1-c1ccc(N2CCCC2)nc1. The number of pyridine rings is 2. The van der Waals surface area contributed by atoms with Crippen LogP contribution in [0, 0.1) is 0 Å². The maximum atomic E-state index is 4.61. The highest BCUT2D eigenvalue weighted by molar-refractivity contribution is 5.66. The van der Waals surface area contributed by atoms with Crippen molar-refractivity contribution in [3.63, 3.8) is 0 Å². The van der Waals surface area contributed by atoms with Gasteiger partial charge in [0, 0.05) is 42.3 Å². The summed E-state index contributed by atoms with van der Waals surface area (Å²) in [5.41, 5.74) is 3.50. The number of nitrogens with zero attached hydrogens (tertiary/aromatic N) is 3. The van der Waals surface area contributed by atoms with Crippen molar-refractivity contribution in [1.82, 2.24) is 9.97 Å². The Morgan fingerprint density at radius 2 is 1.95 bits per heavy atom. The van der Waals surface area contributed by atoms with E-state index in [1.54, 1.807) is 0 Å². The van der Waals surface area contributed by atoms with E-state index in [2.05, 4.69) is 40.0 Å². The third kappa shape index (κ3) is 2.46. The van der Waals surface area contributed by atoms with Gasteiger partial charge in [0.2, 0.25) is 0 Å². The molecule has 2 aromatic rings. The molecule has 1 saturated heterocycles. The average Bonchev–Trinajstić information content (AvgIpc) is 3.02. The van der Waals surface area contributed by atoms with Crippen LogP contribution in [0.1, 0.15) is 25.5 Å². The van der Waals surface area contributed by atoms with Gasteiger partial charge in [0.15, 0.2) is 0 Å². The standard InChI is InChI=1S/C16H19N3/c1-2-15-14(6-5-9-17-15)13-7-8-16(18-12-13)19-10-3-4-11-19/h5-9,12H,2-4,10-11H2,1H3. The van der Waals surface area contributed by atoms with Crippen molar-refractivity contribution in [3.8, 4) is 11.1 Å². The van der Waals surface area contributed by atoms with Crippen LogP contribution in [0.25, 0.3) is 11.1 Å².